The molecule has 2 heteroatoms. The zero-order chi connectivity index (χ0) is 13.8. The number of hydrogen-bond acceptors (Lipinski definition) is 1. The third-order valence-electron chi connectivity index (χ3n) is 3.78. The second kappa shape index (κ2) is 5.93. The molecule has 0 bridgehead atoms. The molecule has 1 aromatic heterocycles. The Labute approximate surface area is 119 Å². The van der Waals surface area contributed by atoms with Gasteiger partial charge in [0, 0.05) is 24.3 Å². The second-order valence-electron chi connectivity index (χ2n) is 5.15. The van der Waals surface area contributed by atoms with Gasteiger partial charge in [-0.2, -0.15) is 0 Å². The lowest BCUT2D eigenvalue weighted by atomic mass is 10.0. The Bertz CT molecular complexity index is 670. The molecule has 0 amide bonds. The summed E-state index contributed by atoms with van der Waals surface area (Å²) in [4.78, 5) is 3.27. The van der Waals surface area contributed by atoms with E-state index in [0.717, 1.165) is 13.0 Å². The van der Waals surface area contributed by atoms with E-state index in [-0.39, 0.29) is 0 Å². The topological polar surface area (TPSA) is 27.8 Å². The number of nitrogens with one attached hydrogen (secondary N) is 2. The molecular weight excluding hydrogens is 244 g/mol. The maximum atomic E-state index is 3.64. The lowest BCUT2D eigenvalue weighted by Gasteiger charge is -2.17. The minimum Gasteiger partial charge on any atom is -0.361 e. The first-order chi connectivity index (χ1) is 9.86. The van der Waals surface area contributed by atoms with Crippen LogP contribution in [0.15, 0.2) is 60.8 Å². The standard InChI is InChI=1S/C18H20N2/c1-2-17(15-6-4-3-5-7-15)20-13-14-8-9-16-10-11-19-18(16)12-14/h3-12,17,19-20H,2,13H2,1H3. The van der Waals surface area contributed by atoms with Gasteiger partial charge in [0.25, 0.3) is 0 Å². The van der Waals surface area contributed by atoms with Crippen molar-refractivity contribution >= 4 is 10.9 Å². The molecular formula is C18H20N2. The highest BCUT2D eigenvalue weighted by Gasteiger charge is 2.08. The molecule has 0 aliphatic heterocycles. The van der Waals surface area contributed by atoms with Crippen molar-refractivity contribution in [1.82, 2.24) is 10.3 Å². The van der Waals surface area contributed by atoms with Gasteiger partial charge in [0.1, 0.15) is 0 Å². The lowest BCUT2D eigenvalue weighted by Crippen LogP contribution is -2.20. The minimum atomic E-state index is 0.413. The second-order valence-corrected chi connectivity index (χ2v) is 5.15. The Kier molecular flexibility index (Phi) is 3.84. The first-order valence-electron chi connectivity index (χ1n) is 7.21. The van der Waals surface area contributed by atoms with Gasteiger partial charge in [0.05, 0.1) is 0 Å². The summed E-state index contributed by atoms with van der Waals surface area (Å²) >= 11 is 0. The highest BCUT2D eigenvalue weighted by atomic mass is 14.9. The van der Waals surface area contributed by atoms with Crippen molar-refractivity contribution in [2.75, 3.05) is 0 Å². The van der Waals surface area contributed by atoms with E-state index in [1.54, 1.807) is 0 Å². The summed E-state index contributed by atoms with van der Waals surface area (Å²) in [5.74, 6) is 0. The van der Waals surface area contributed by atoms with Gasteiger partial charge < -0.3 is 10.3 Å². The Balaban J connectivity index is 1.71. The van der Waals surface area contributed by atoms with Crippen molar-refractivity contribution in [3.05, 3.63) is 71.9 Å². The Morgan fingerprint density at radius 1 is 1.05 bits per heavy atom. The molecule has 0 aliphatic rings. The van der Waals surface area contributed by atoms with Crippen molar-refractivity contribution in [3.8, 4) is 0 Å². The summed E-state index contributed by atoms with van der Waals surface area (Å²) < 4.78 is 0. The molecule has 3 aromatic rings. The normalized spacial score (nSPS) is 12.7. The summed E-state index contributed by atoms with van der Waals surface area (Å²) in [6.45, 7) is 3.11. The van der Waals surface area contributed by atoms with E-state index < -0.39 is 0 Å². The van der Waals surface area contributed by atoms with Gasteiger partial charge in [-0.25, -0.2) is 0 Å². The molecule has 0 saturated heterocycles. The fourth-order valence-corrected chi connectivity index (χ4v) is 2.63. The molecule has 1 unspecified atom stereocenters. The monoisotopic (exact) mass is 264 g/mol. The fraction of sp³-hybridized carbons (Fsp3) is 0.222. The van der Waals surface area contributed by atoms with Gasteiger partial charge >= 0.3 is 0 Å². The Morgan fingerprint density at radius 3 is 2.70 bits per heavy atom. The average Bonchev–Trinajstić information content (AvgIpc) is 2.96. The first-order valence-corrected chi connectivity index (χ1v) is 7.21. The van der Waals surface area contributed by atoms with Crippen LogP contribution in [0.3, 0.4) is 0 Å². The smallest absolute Gasteiger partial charge is 0.0457 e. The van der Waals surface area contributed by atoms with Gasteiger partial charge in [-0.1, -0.05) is 49.4 Å². The van der Waals surface area contributed by atoms with E-state index in [0.29, 0.717) is 6.04 Å². The van der Waals surface area contributed by atoms with Gasteiger partial charge in [-0.05, 0) is 35.1 Å². The van der Waals surface area contributed by atoms with E-state index in [1.807, 2.05) is 6.20 Å². The van der Waals surface area contributed by atoms with Crippen LogP contribution in [0.2, 0.25) is 0 Å². The molecule has 102 valence electrons. The van der Waals surface area contributed by atoms with Crippen LogP contribution in [0.25, 0.3) is 10.9 Å². The zero-order valence-electron chi connectivity index (χ0n) is 11.8. The largest absolute Gasteiger partial charge is 0.361 e. The zero-order valence-corrected chi connectivity index (χ0v) is 11.8. The lowest BCUT2D eigenvalue weighted by molar-refractivity contribution is 0.519. The number of benzene rings is 2. The third-order valence-corrected chi connectivity index (χ3v) is 3.78. The summed E-state index contributed by atoms with van der Waals surface area (Å²) in [5.41, 5.74) is 3.88. The average molecular weight is 264 g/mol. The first kappa shape index (κ1) is 12.9. The van der Waals surface area contributed by atoms with E-state index in [4.69, 9.17) is 0 Å². The minimum absolute atomic E-state index is 0.413. The van der Waals surface area contributed by atoms with Gasteiger partial charge in [-0.15, -0.1) is 0 Å². The molecule has 1 heterocycles. The Hall–Kier alpha value is -2.06. The molecule has 0 aliphatic carbocycles. The number of hydrogen-bond donors (Lipinski definition) is 2. The molecule has 20 heavy (non-hydrogen) atoms. The summed E-state index contributed by atoms with van der Waals surface area (Å²) in [7, 11) is 0. The van der Waals surface area contributed by atoms with Crippen molar-refractivity contribution in [2.45, 2.75) is 25.9 Å². The third kappa shape index (κ3) is 2.75. The molecule has 0 fully saturated rings. The number of H-pyrrole nitrogens is 1. The van der Waals surface area contributed by atoms with Crippen LogP contribution in [0.5, 0.6) is 0 Å². The van der Waals surface area contributed by atoms with Crippen LogP contribution in [-0.4, -0.2) is 4.98 Å². The maximum Gasteiger partial charge on any atom is 0.0457 e. The van der Waals surface area contributed by atoms with E-state index in [1.165, 1.54) is 22.0 Å². The maximum absolute atomic E-state index is 3.64. The summed E-state index contributed by atoms with van der Waals surface area (Å²) in [6.07, 6.45) is 3.08. The predicted octanol–water partition coefficient (Wildman–Crippen LogP) is 4.41. The van der Waals surface area contributed by atoms with Crippen molar-refractivity contribution < 1.29 is 0 Å². The van der Waals surface area contributed by atoms with Gasteiger partial charge in [0.2, 0.25) is 0 Å². The number of fused-ring (bicyclic) bond motifs is 1. The van der Waals surface area contributed by atoms with Crippen LogP contribution in [0.1, 0.15) is 30.5 Å². The molecule has 0 radical (unpaired) electrons. The van der Waals surface area contributed by atoms with Crippen molar-refractivity contribution in [1.29, 1.82) is 0 Å². The Morgan fingerprint density at radius 2 is 1.90 bits per heavy atom. The molecule has 3 rings (SSSR count). The predicted molar refractivity (Wildman–Crippen MR) is 84.6 cm³/mol. The van der Waals surface area contributed by atoms with Crippen LogP contribution in [0, 0.1) is 0 Å². The van der Waals surface area contributed by atoms with Crippen LogP contribution < -0.4 is 5.32 Å². The van der Waals surface area contributed by atoms with E-state index in [9.17, 15) is 0 Å². The van der Waals surface area contributed by atoms with E-state index in [2.05, 4.69) is 71.8 Å². The molecule has 0 spiro atoms. The molecule has 2 aromatic carbocycles. The van der Waals surface area contributed by atoms with Crippen molar-refractivity contribution in [3.63, 3.8) is 0 Å². The van der Waals surface area contributed by atoms with Gasteiger partial charge in [-0.3, -0.25) is 0 Å². The quantitative estimate of drug-likeness (QED) is 0.702. The summed E-state index contributed by atoms with van der Waals surface area (Å²) in [6, 6.07) is 19.8. The molecule has 1 atom stereocenters. The number of aromatic nitrogens is 1. The highest BCUT2D eigenvalue weighted by molar-refractivity contribution is 5.79. The van der Waals surface area contributed by atoms with Crippen LogP contribution in [0.4, 0.5) is 0 Å². The molecule has 2 N–H and O–H groups in total. The van der Waals surface area contributed by atoms with Crippen LogP contribution >= 0.6 is 0 Å². The number of aromatic amines is 1. The SMILES string of the molecule is CCC(NCc1ccc2cc[nH]c2c1)c1ccccc1. The number of rotatable bonds is 5. The van der Waals surface area contributed by atoms with Crippen molar-refractivity contribution in [2.24, 2.45) is 0 Å². The molecule has 0 saturated carbocycles. The van der Waals surface area contributed by atoms with E-state index >= 15 is 0 Å². The fourth-order valence-electron chi connectivity index (χ4n) is 2.63. The van der Waals surface area contributed by atoms with Gasteiger partial charge in [0.15, 0.2) is 0 Å². The highest BCUT2D eigenvalue weighted by Crippen LogP contribution is 2.18. The van der Waals surface area contributed by atoms with Crippen LogP contribution in [-0.2, 0) is 6.54 Å². The molecule has 2 nitrogen and oxygen atoms in total. The summed E-state index contributed by atoms with van der Waals surface area (Å²) in [5, 5.41) is 4.91.